The second kappa shape index (κ2) is 7.06. The summed E-state index contributed by atoms with van der Waals surface area (Å²) in [4.78, 5) is 26.2. The highest BCUT2D eigenvalue weighted by Crippen LogP contribution is 2.59. The van der Waals surface area contributed by atoms with Crippen LogP contribution < -0.4 is 10.1 Å². The van der Waals surface area contributed by atoms with Crippen molar-refractivity contribution < 1.29 is 32.2 Å². The average Bonchev–Trinajstić information content (AvgIpc) is 3.39. The normalized spacial score (nSPS) is 32.5. The van der Waals surface area contributed by atoms with Crippen molar-refractivity contribution in [3.8, 4) is 5.75 Å². The van der Waals surface area contributed by atoms with Crippen molar-refractivity contribution in [1.29, 1.82) is 0 Å². The number of alkyl halides is 3. The molecule has 1 aromatic carbocycles. The number of halogens is 3. The second-order valence-electron chi connectivity index (χ2n) is 8.95. The fourth-order valence-electron chi connectivity index (χ4n) is 5.16. The fourth-order valence-corrected chi connectivity index (χ4v) is 5.16. The fraction of sp³-hybridized carbons (Fsp3) is 0.619. The van der Waals surface area contributed by atoms with Gasteiger partial charge in [-0.2, -0.15) is 0 Å². The Balaban J connectivity index is 1.31. The van der Waals surface area contributed by atoms with Crippen LogP contribution in [-0.2, 0) is 14.9 Å². The number of alkyl carbamates (subject to hydrolysis) is 1. The number of hydrogen-bond donors (Lipinski definition) is 1. The first kappa shape index (κ1) is 20.8. The molecule has 2 amide bonds. The number of nitrogens with one attached hydrogen (secondary N) is 1. The van der Waals surface area contributed by atoms with Crippen LogP contribution in [0.3, 0.4) is 0 Å². The van der Waals surface area contributed by atoms with E-state index >= 15 is 0 Å². The molecule has 30 heavy (non-hydrogen) atoms. The Bertz CT molecular complexity index is 836. The van der Waals surface area contributed by atoms with Gasteiger partial charge >= 0.3 is 12.5 Å². The van der Waals surface area contributed by atoms with Gasteiger partial charge in [-0.25, -0.2) is 4.79 Å². The van der Waals surface area contributed by atoms with Gasteiger partial charge in [0.05, 0.1) is 7.11 Å². The average molecular weight is 426 g/mol. The Morgan fingerprint density at radius 2 is 1.83 bits per heavy atom. The van der Waals surface area contributed by atoms with E-state index in [9.17, 15) is 22.8 Å². The molecule has 2 aliphatic carbocycles. The second-order valence-corrected chi connectivity index (χ2v) is 8.95. The summed E-state index contributed by atoms with van der Waals surface area (Å²) in [7, 11) is 1.31. The van der Waals surface area contributed by atoms with Crippen molar-refractivity contribution in [2.45, 2.75) is 49.9 Å². The predicted octanol–water partition coefficient (Wildman–Crippen LogP) is 3.60. The molecular formula is C21H25F3N2O4. The molecule has 6 nitrogen and oxygen atoms in total. The lowest BCUT2D eigenvalue weighted by Crippen LogP contribution is -2.59. The number of nitrogens with zero attached hydrogens (tertiary/aromatic N) is 1. The van der Waals surface area contributed by atoms with E-state index < -0.39 is 18.0 Å². The number of hydrogen-bond acceptors (Lipinski definition) is 4. The third-order valence-corrected chi connectivity index (χ3v) is 6.81. The van der Waals surface area contributed by atoms with E-state index in [0.29, 0.717) is 31.8 Å². The minimum atomic E-state index is -4.70. The molecule has 1 aliphatic heterocycles. The van der Waals surface area contributed by atoms with E-state index in [4.69, 9.17) is 0 Å². The van der Waals surface area contributed by atoms with Crippen LogP contribution in [0.15, 0.2) is 24.3 Å². The van der Waals surface area contributed by atoms with Gasteiger partial charge in [0.2, 0.25) is 5.91 Å². The molecule has 3 aliphatic rings. The van der Waals surface area contributed by atoms with E-state index in [2.05, 4.69) is 14.8 Å². The lowest BCUT2D eigenvalue weighted by atomic mass is 9.68. The maximum atomic E-state index is 12.9. The van der Waals surface area contributed by atoms with Crippen LogP contribution in [0.4, 0.5) is 18.0 Å². The molecule has 3 fully saturated rings. The molecule has 2 atom stereocenters. The summed E-state index contributed by atoms with van der Waals surface area (Å²) in [6, 6.07) is 6.12. The SMILES string of the molecule is COC(=O)N[C@]1(C)C[C@H](C(=O)N2CCC3(c4ccc(OC(F)(F)F)cc4)CC3C2)C1. The Labute approximate surface area is 172 Å². The number of carbonyl (C=O) groups is 2. The van der Waals surface area contributed by atoms with Crippen LogP contribution in [0.1, 0.15) is 38.2 Å². The van der Waals surface area contributed by atoms with Crippen LogP contribution in [0.5, 0.6) is 5.75 Å². The number of fused-ring (bicyclic) bond motifs is 1. The Kier molecular flexibility index (Phi) is 4.90. The first-order valence-corrected chi connectivity index (χ1v) is 10.0. The number of likely N-dealkylation sites (tertiary alicyclic amines) is 1. The van der Waals surface area contributed by atoms with Crippen LogP contribution in [0.25, 0.3) is 0 Å². The summed E-state index contributed by atoms with van der Waals surface area (Å²) >= 11 is 0. The molecule has 1 aromatic rings. The van der Waals surface area contributed by atoms with Crippen molar-refractivity contribution in [3.63, 3.8) is 0 Å². The number of amides is 2. The summed E-state index contributed by atoms with van der Waals surface area (Å²) in [5, 5.41) is 2.78. The Morgan fingerprint density at radius 3 is 2.40 bits per heavy atom. The third-order valence-electron chi connectivity index (χ3n) is 6.81. The zero-order valence-electron chi connectivity index (χ0n) is 16.9. The van der Waals surface area contributed by atoms with E-state index in [1.807, 2.05) is 11.8 Å². The molecule has 0 bridgehead atoms. The van der Waals surface area contributed by atoms with Gasteiger partial charge < -0.3 is 19.7 Å². The van der Waals surface area contributed by atoms with Crippen molar-refractivity contribution in [1.82, 2.24) is 10.2 Å². The van der Waals surface area contributed by atoms with Gasteiger partial charge in [0.15, 0.2) is 0 Å². The van der Waals surface area contributed by atoms with Gasteiger partial charge in [-0.1, -0.05) is 12.1 Å². The molecule has 2 unspecified atom stereocenters. The number of ether oxygens (including phenoxy) is 2. The van der Waals surface area contributed by atoms with E-state index in [0.717, 1.165) is 18.4 Å². The molecule has 4 rings (SSSR count). The molecule has 0 aromatic heterocycles. The van der Waals surface area contributed by atoms with Crippen LogP contribution in [0.2, 0.25) is 0 Å². The van der Waals surface area contributed by atoms with Crippen molar-refractivity contribution in [3.05, 3.63) is 29.8 Å². The monoisotopic (exact) mass is 426 g/mol. The van der Waals surface area contributed by atoms with Gasteiger partial charge in [-0.05, 0) is 56.2 Å². The van der Waals surface area contributed by atoms with Crippen molar-refractivity contribution in [2.24, 2.45) is 11.8 Å². The largest absolute Gasteiger partial charge is 0.573 e. The zero-order valence-corrected chi connectivity index (χ0v) is 16.9. The van der Waals surface area contributed by atoms with Crippen molar-refractivity contribution >= 4 is 12.0 Å². The van der Waals surface area contributed by atoms with Gasteiger partial charge in [0.1, 0.15) is 5.75 Å². The Morgan fingerprint density at radius 1 is 1.17 bits per heavy atom. The first-order valence-electron chi connectivity index (χ1n) is 10.0. The van der Waals surface area contributed by atoms with E-state index in [-0.39, 0.29) is 23.0 Å². The zero-order chi connectivity index (χ0) is 21.7. The molecule has 0 spiro atoms. The molecular weight excluding hydrogens is 401 g/mol. The third kappa shape index (κ3) is 3.94. The smallest absolute Gasteiger partial charge is 0.453 e. The molecule has 1 N–H and O–H groups in total. The molecule has 0 radical (unpaired) electrons. The molecule has 164 valence electrons. The standard InChI is InChI=1S/C21H25F3N2O4/c1-19(25-18(28)29-2)9-13(10-19)17(27)26-8-7-20(11-15(20)12-26)14-3-5-16(6-4-14)30-21(22,23)24/h3-6,13,15H,7-12H2,1-2H3,(H,25,28)/t13-,15?,19+,20?. The predicted molar refractivity (Wildman–Crippen MR) is 101 cm³/mol. The number of rotatable bonds is 4. The van der Waals surface area contributed by atoms with Gasteiger partial charge in [0, 0.05) is 30.0 Å². The highest BCUT2D eigenvalue weighted by atomic mass is 19.4. The van der Waals surface area contributed by atoms with E-state index in [1.54, 1.807) is 12.1 Å². The topological polar surface area (TPSA) is 67.9 Å². The minimum absolute atomic E-state index is 0.0475. The summed E-state index contributed by atoms with van der Waals surface area (Å²) in [6.45, 7) is 3.20. The molecule has 1 saturated heterocycles. The maximum absolute atomic E-state index is 12.9. The summed E-state index contributed by atoms with van der Waals surface area (Å²) in [5.74, 6) is 0.121. The van der Waals surface area contributed by atoms with Gasteiger partial charge in [0.25, 0.3) is 0 Å². The highest BCUT2D eigenvalue weighted by Gasteiger charge is 2.59. The number of piperidine rings is 1. The van der Waals surface area contributed by atoms with Crippen LogP contribution in [0, 0.1) is 11.8 Å². The quantitative estimate of drug-likeness (QED) is 0.799. The Hall–Kier alpha value is -2.45. The van der Waals surface area contributed by atoms with Gasteiger partial charge in [-0.3, -0.25) is 4.79 Å². The molecule has 1 heterocycles. The number of carbonyl (C=O) groups excluding carboxylic acids is 2. The summed E-state index contributed by atoms with van der Waals surface area (Å²) in [5.41, 5.74) is 0.550. The van der Waals surface area contributed by atoms with Crippen LogP contribution in [-0.4, -0.2) is 49.0 Å². The summed E-state index contributed by atoms with van der Waals surface area (Å²) in [6.07, 6.45) is -2.27. The van der Waals surface area contributed by atoms with E-state index in [1.165, 1.54) is 19.2 Å². The minimum Gasteiger partial charge on any atom is -0.453 e. The first-order chi connectivity index (χ1) is 14.0. The molecule has 9 heteroatoms. The highest BCUT2D eigenvalue weighted by molar-refractivity contribution is 5.81. The lowest BCUT2D eigenvalue weighted by Gasteiger charge is -2.46. The number of methoxy groups -OCH3 is 1. The molecule has 2 saturated carbocycles. The summed E-state index contributed by atoms with van der Waals surface area (Å²) < 4.78 is 45.6. The van der Waals surface area contributed by atoms with Gasteiger partial charge in [-0.15, -0.1) is 13.2 Å². The maximum Gasteiger partial charge on any atom is 0.573 e. The lowest BCUT2D eigenvalue weighted by molar-refractivity contribution is -0.274. The van der Waals surface area contributed by atoms with Crippen molar-refractivity contribution in [2.75, 3.05) is 20.2 Å². The van der Waals surface area contributed by atoms with Crippen LogP contribution >= 0.6 is 0 Å². The number of benzene rings is 1.